The van der Waals surface area contributed by atoms with Gasteiger partial charge in [-0.05, 0) is 0 Å². The van der Waals surface area contributed by atoms with Gasteiger partial charge in [-0.2, -0.15) is 0 Å². The van der Waals surface area contributed by atoms with Gasteiger partial charge < -0.3 is 5.32 Å². The predicted octanol–water partition coefficient (Wildman–Crippen LogP) is -0.102. The molecule has 36 valence electrons. The second kappa shape index (κ2) is 2.09. The van der Waals surface area contributed by atoms with E-state index < -0.39 is 0 Å². The van der Waals surface area contributed by atoms with Crippen LogP contribution in [0.15, 0.2) is 0 Å². The van der Waals surface area contributed by atoms with Gasteiger partial charge in [0.15, 0.2) is 0 Å². The van der Waals surface area contributed by atoms with Gasteiger partial charge in [0.2, 0.25) is 0 Å². The maximum absolute atomic E-state index is 3.14. The molecule has 0 aromatic carbocycles. The number of rotatable bonds is 1. The van der Waals surface area contributed by atoms with Crippen molar-refractivity contribution in [3.63, 3.8) is 0 Å². The zero-order chi connectivity index (χ0) is 4.41. The molecule has 0 saturated carbocycles. The van der Waals surface area contributed by atoms with Gasteiger partial charge in [0.1, 0.15) is 0 Å². The van der Waals surface area contributed by atoms with Gasteiger partial charge in [-0.3, -0.25) is 3.53 Å². The van der Waals surface area contributed by atoms with E-state index in [4.69, 9.17) is 0 Å². The van der Waals surface area contributed by atoms with Gasteiger partial charge in [0, 0.05) is 42.0 Å². The van der Waals surface area contributed by atoms with E-state index in [1.165, 1.54) is 0 Å². The summed E-state index contributed by atoms with van der Waals surface area (Å²) < 4.78 is 3.11. The summed E-state index contributed by atoms with van der Waals surface area (Å²) in [4.78, 5) is 0. The van der Waals surface area contributed by atoms with Gasteiger partial charge in [-0.25, -0.2) is 0 Å². The Balaban J connectivity index is 2.01. The first-order valence-electron chi connectivity index (χ1n) is 2.00. The Hall–Kier alpha value is 0.650. The highest BCUT2D eigenvalue weighted by Gasteiger charge is 2.12. The highest BCUT2D eigenvalue weighted by atomic mass is 127. The van der Waals surface area contributed by atoms with Crippen molar-refractivity contribution in [1.29, 1.82) is 0 Å². The SMILES string of the molecule is INC1CNC1. The molecule has 0 aromatic rings. The van der Waals surface area contributed by atoms with E-state index in [1.54, 1.807) is 0 Å². The maximum atomic E-state index is 3.14. The van der Waals surface area contributed by atoms with Crippen LogP contribution in [0, 0.1) is 0 Å². The summed E-state index contributed by atoms with van der Waals surface area (Å²) in [7, 11) is 0. The van der Waals surface area contributed by atoms with E-state index in [-0.39, 0.29) is 0 Å². The monoisotopic (exact) mass is 198 g/mol. The molecule has 1 heterocycles. The molecule has 0 aromatic heterocycles. The summed E-state index contributed by atoms with van der Waals surface area (Å²) in [5, 5.41) is 3.14. The number of hydrogen-bond acceptors (Lipinski definition) is 2. The second-order valence-electron chi connectivity index (χ2n) is 1.46. The van der Waals surface area contributed by atoms with Crippen LogP contribution in [-0.4, -0.2) is 19.1 Å². The topological polar surface area (TPSA) is 24.1 Å². The molecule has 0 spiro atoms. The Bertz CT molecular complexity index is 41.3. The van der Waals surface area contributed by atoms with Crippen molar-refractivity contribution in [3.05, 3.63) is 0 Å². The standard InChI is InChI=1S/C3H7IN2/c4-6-3-1-5-2-3/h3,5-6H,1-2H2. The van der Waals surface area contributed by atoms with E-state index in [0.29, 0.717) is 0 Å². The average Bonchev–Trinajstić information content (AvgIpc) is 1.31. The Morgan fingerprint density at radius 1 is 1.67 bits per heavy atom. The molecule has 1 aliphatic heterocycles. The molecule has 3 heteroatoms. The lowest BCUT2D eigenvalue weighted by Gasteiger charge is -2.24. The molecule has 1 aliphatic rings. The minimum absolute atomic E-state index is 0.741. The van der Waals surface area contributed by atoms with Crippen molar-refractivity contribution in [2.24, 2.45) is 0 Å². The van der Waals surface area contributed by atoms with E-state index in [9.17, 15) is 0 Å². The summed E-state index contributed by atoms with van der Waals surface area (Å²) in [6.07, 6.45) is 0. The normalized spacial score (nSPS) is 23.5. The van der Waals surface area contributed by atoms with E-state index in [0.717, 1.165) is 19.1 Å². The maximum Gasteiger partial charge on any atom is 0.0412 e. The third-order valence-electron chi connectivity index (χ3n) is 0.936. The first kappa shape index (κ1) is 4.80. The fourth-order valence-corrected chi connectivity index (χ4v) is 0.806. The van der Waals surface area contributed by atoms with Gasteiger partial charge in [-0.15, -0.1) is 0 Å². The van der Waals surface area contributed by atoms with Crippen LogP contribution in [-0.2, 0) is 0 Å². The van der Waals surface area contributed by atoms with Crippen LogP contribution in [0.25, 0.3) is 0 Å². The highest BCUT2D eigenvalue weighted by molar-refractivity contribution is 14.1. The van der Waals surface area contributed by atoms with Gasteiger partial charge in [0.25, 0.3) is 0 Å². The smallest absolute Gasteiger partial charge is 0.0412 e. The Morgan fingerprint density at radius 2 is 2.33 bits per heavy atom. The molecule has 0 bridgehead atoms. The van der Waals surface area contributed by atoms with Crippen LogP contribution >= 0.6 is 22.9 Å². The fourth-order valence-electron chi connectivity index (χ4n) is 0.366. The summed E-state index contributed by atoms with van der Waals surface area (Å²) >= 11 is 2.17. The van der Waals surface area contributed by atoms with Gasteiger partial charge in [-0.1, -0.05) is 0 Å². The molecule has 0 atom stereocenters. The van der Waals surface area contributed by atoms with E-state index in [1.807, 2.05) is 0 Å². The van der Waals surface area contributed by atoms with Crippen molar-refractivity contribution >= 4 is 22.9 Å². The molecular weight excluding hydrogens is 191 g/mol. The lowest BCUT2D eigenvalue weighted by atomic mass is 10.2. The molecule has 1 fully saturated rings. The third kappa shape index (κ3) is 0.828. The Morgan fingerprint density at radius 3 is 2.33 bits per heavy atom. The summed E-state index contributed by atoms with van der Waals surface area (Å²) in [5.74, 6) is 0. The highest BCUT2D eigenvalue weighted by Crippen LogP contribution is 1.90. The van der Waals surface area contributed by atoms with Crippen LogP contribution < -0.4 is 8.85 Å². The second-order valence-corrected chi connectivity index (χ2v) is 2.09. The molecule has 1 saturated heterocycles. The van der Waals surface area contributed by atoms with Crippen LogP contribution in [0.4, 0.5) is 0 Å². The molecule has 1 rings (SSSR count). The Labute approximate surface area is 51.2 Å². The van der Waals surface area contributed by atoms with Crippen molar-refractivity contribution in [2.75, 3.05) is 13.1 Å². The molecular formula is C3H7IN2. The molecule has 0 radical (unpaired) electrons. The minimum Gasteiger partial charge on any atom is -0.313 e. The first-order chi connectivity index (χ1) is 2.93. The van der Waals surface area contributed by atoms with Crippen LogP contribution in [0.1, 0.15) is 0 Å². The minimum atomic E-state index is 0.741. The Kier molecular flexibility index (Phi) is 1.67. The largest absolute Gasteiger partial charge is 0.313 e. The molecule has 0 aliphatic carbocycles. The van der Waals surface area contributed by atoms with Crippen molar-refractivity contribution in [1.82, 2.24) is 8.85 Å². The van der Waals surface area contributed by atoms with Crippen LogP contribution in [0.5, 0.6) is 0 Å². The van der Waals surface area contributed by atoms with Crippen molar-refractivity contribution < 1.29 is 0 Å². The quantitative estimate of drug-likeness (QED) is 0.454. The zero-order valence-corrected chi connectivity index (χ0v) is 5.53. The summed E-state index contributed by atoms with van der Waals surface area (Å²) in [5.41, 5.74) is 0. The number of hydrogen-bond donors (Lipinski definition) is 2. The van der Waals surface area contributed by atoms with E-state index in [2.05, 4.69) is 31.7 Å². The molecule has 6 heavy (non-hydrogen) atoms. The van der Waals surface area contributed by atoms with Crippen molar-refractivity contribution in [2.45, 2.75) is 6.04 Å². The lowest BCUT2D eigenvalue weighted by Crippen LogP contribution is -2.52. The van der Waals surface area contributed by atoms with Gasteiger partial charge >= 0.3 is 0 Å². The summed E-state index contributed by atoms with van der Waals surface area (Å²) in [6.45, 7) is 2.28. The summed E-state index contributed by atoms with van der Waals surface area (Å²) in [6, 6.07) is 0.741. The van der Waals surface area contributed by atoms with Crippen molar-refractivity contribution in [3.8, 4) is 0 Å². The van der Waals surface area contributed by atoms with Gasteiger partial charge in [0.05, 0.1) is 0 Å². The molecule has 0 amide bonds. The number of halogens is 1. The number of nitrogens with one attached hydrogen (secondary N) is 2. The molecule has 0 unspecified atom stereocenters. The van der Waals surface area contributed by atoms with E-state index >= 15 is 0 Å². The fraction of sp³-hybridized carbons (Fsp3) is 1.00. The average molecular weight is 198 g/mol. The first-order valence-corrected chi connectivity index (χ1v) is 3.08. The molecule has 2 N–H and O–H groups in total. The molecule has 2 nitrogen and oxygen atoms in total. The lowest BCUT2D eigenvalue weighted by molar-refractivity contribution is 0.431. The zero-order valence-electron chi connectivity index (χ0n) is 3.37. The van der Waals surface area contributed by atoms with Crippen LogP contribution in [0.2, 0.25) is 0 Å². The van der Waals surface area contributed by atoms with Crippen LogP contribution in [0.3, 0.4) is 0 Å². The third-order valence-corrected chi connectivity index (χ3v) is 1.82. The predicted molar refractivity (Wildman–Crippen MR) is 33.8 cm³/mol.